The Labute approximate surface area is 158 Å². The van der Waals surface area contributed by atoms with E-state index < -0.39 is 17.8 Å². The second kappa shape index (κ2) is 7.18. The molecule has 2 fully saturated rings. The van der Waals surface area contributed by atoms with Gasteiger partial charge in [0.25, 0.3) is 0 Å². The number of piperidine rings is 1. The number of carboxylic acid groups (broad SMARTS) is 1. The first-order valence-electron chi connectivity index (χ1n) is 9.61. The highest BCUT2D eigenvalue weighted by molar-refractivity contribution is 5.96. The van der Waals surface area contributed by atoms with E-state index in [0.717, 1.165) is 31.4 Å². The van der Waals surface area contributed by atoms with Crippen molar-refractivity contribution in [3.8, 4) is 0 Å². The summed E-state index contributed by atoms with van der Waals surface area (Å²) in [6, 6.07) is 7.48. The predicted octanol–water partition coefficient (Wildman–Crippen LogP) is 2.66. The van der Waals surface area contributed by atoms with Gasteiger partial charge < -0.3 is 15.3 Å². The van der Waals surface area contributed by atoms with E-state index in [1.807, 2.05) is 35.3 Å². The highest BCUT2D eigenvalue weighted by Crippen LogP contribution is 2.48. The molecular formula is C21H24N2O4. The van der Waals surface area contributed by atoms with Gasteiger partial charge in [-0.25, -0.2) is 0 Å². The topological polar surface area (TPSA) is 86.7 Å². The van der Waals surface area contributed by atoms with Crippen LogP contribution in [-0.4, -0.2) is 34.3 Å². The molecule has 142 valence electrons. The van der Waals surface area contributed by atoms with Crippen LogP contribution in [0.15, 0.2) is 36.4 Å². The van der Waals surface area contributed by atoms with Crippen molar-refractivity contribution < 1.29 is 19.5 Å². The minimum absolute atomic E-state index is 0.00486. The number of aliphatic carboxylic acids is 1. The second-order valence-corrected chi connectivity index (χ2v) is 7.80. The van der Waals surface area contributed by atoms with Gasteiger partial charge in [-0.05, 0) is 48.8 Å². The number of nitrogens with zero attached hydrogens (tertiary/aromatic N) is 1. The molecule has 0 radical (unpaired) electrons. The Morgan fingerprint density at radius 2 is 1.93 bits per heavy atom. The summed E-state index contributed by atoms with van der Waals surface area (Å²) in [5, 5.41) is 12.4. The maximum atomic E-state index is 12.8. The van der Waals surface area contributed by atoms with Gasteiger partial charge in [-0.15, -0.1) is 0 Å². The van der Waals surface area contributed by atoms with Crippen molar-refractivity contribution in [3.63, 3.8) is 0 Å². The molecule has 0 unspecified atom stereocenters. The first kappa shape index (κ1) is 17.8. The molecule has 0 spiro atoms. The monoisotopic (exact) mass is 368 g/mol. The molecule has 1 aromatic rings. The molecule has 0 aromatic heterocycles. The van der Waals surface area contributed by atoms with E-state index in [1.54, 1.807) is 6.07 Å². The van der Waals surface area contributed by atoms with Gasteiger partial charge in [0.2, 0.25) is 11.8 Å². The van der Waals surface area contributed by atoms with Gasteiger partial charge in [0.15, 0.2) is 0 Å². The van der Waals surface area contributed by atoms with Crippen LogP contribution >= 0.6 is 0 Å². The lowest BCUT2D eigenvalue weighted by molar-refractivity contribution is -0.146. The van der Waals surface area contributed by atoms with Crippen LogP contribution in [0.3, 0.4) is 0 Å². The third kappa shape index (κ3) is 3.48. The van der Waals surface area contributed by atoms with E-state index in [-0.39, 0.29) is 23.7 Å². The number of fused-ring (bicyclic) bond motifs is 2. The molecule has 6 heteroatoms. The number of carboxylic acids is 1. The average molecular weight is 368 g/mol. The summed E-state index contributed by atoms with van der Waals surface area (Å²) in [4.78, 5) is 38.3. The summed E-state index contributed by atoms with van der Waals surface area (Å²) in [7, 11) is 0. The molecule has 4 atom stereocenters. The lowest BCUT2D eigenvalue weighted by atomic mass is 9.82. The molecule has 2 amide bonds. The van der Waals surface area contributed by atoms with Crippen LogP contribution in [0.5, 0.6) is 0 Å². The average Bonchev–Trinajstić information content (AvgIpc) is 3.25. The number of amides is 2. The van der Waals surface area contributed by atoms with Gasteiger partial charge in [-0.2, -0.15) is 0 Å². The lowest BCUT2D eigenvalue weighted by Crippen LogP contribution is -2.36. The highest BCUT2D eigenvalue weighted by atomic mass is 16.4. The zero-order valence-electron chi connectivity index (χ0n) is 15.1. The Morgan fingerprint density at radius 3 is 2.67 bits per heavy atom. The number of hydrogen-bond acceptors (Lipinski definition) is 3. The summed E-state index contributed by atoms with van der Waals surface area (Å²) in [5.41, 5.74) is 1.61. The van der Waals surface area contributed by atoms with E-state index in [9.17, 15) is 19.5 Å². The smallest absolute Gasteiger partial charge is 0.307 e. The number of benzene rings is 1. The Morgan fingerprint density at radius 1 is 1.15 bits per heavy atom. The van der Waals surface area contributed by atoms with Crippen LogP contribution in [-0.2, 0) is 20.9 Å². The fraction of sp³-hybridized carbons (Fsp3) is 0.476. The molecule has 6 nitrogen and oxygen atoms in total. The van der Waals surface area contributed by atoms with E-state index >= 15 is 0 Å². The molecule has 4 rings (SSSR count). The normalized spacial score (nSPS) is 29.2. The third-order valence-corrected chi connectivity index (χ3v) is 6.04. The van der Waals surface area contributed by atoms with Gasteiger partial charge in [0.1, 0.15) is 0 Å². The maximum absolute atomic E-state index is 12.8. The number of rotatable bonds is 5. The number of hydrogen-bond donors (Lipinski definition) is 2. The Kier molecular flexibility index (Phi) is 4.72. The zero-order valence-corrected chi connectivity index (χ0v) is 15.1. The van der Waals surface area contributed by atoms with E-state index in [2.05, 4.69) is 5.32 Å². The third-order valence-electron chi connectivity index (χ3n) is 6.04. The zero-order chi connectivity index (χ0) is 19.0. The van der Waals surface area contributed by atoms with Gasteiger partial charge in [0.05, 0.1) is 11.8 Å². The van der Waals surface area contributed by atoms with E-state index in [1.165, 1.54) is 0 Å². The minimum atomic E-state index is -0.899. The Balaban J connectivity index is 1.45. The quantitative estimate of drug-likeness (QED) is 0.783. The van der Waals surface area contributed by atoms with E-state index in [0.29, 0.717) is 18.7 Å². The molecule has 3 aliphatic rings. The van der Waals surface area contributed by atoms with Crippen molar-refractivity contribution in [1.82, 2.24) is 4.90 Å². The van der Waals surface area contributed by atoms with Crippen molar-refractivity contribution in [3.05, 3.63) is 42.0 Å². The van der Waals surface area contributed by atoms with E-state index in [4.69, 9.17) is 0 Å². The van der Waals surface area contributed by atoms with Crippen molar-refractivity contribution in [1.29, 1.82) is 0 Å². The summed E-state index contributed by atoms with van der Waals surface area (Å²) < 4.78 is 0. The molecule has 1 saturated heterocycles. The molecule has 1 heterocycles. The number of carbonyl (C=O) groups is 3. The molecule has 2 aliphatic carbocycles. The molecule has 2 N–H and O–H groups in total. The van der Waals surface area contributed by atoms with Crippen LogP contribution < -0.4 is 5.32 Å². The predicted molar refractivity (Wildman–Crippen MR) is 99.7 cm³/mol. The number of likely N-dealkylation sites (tertiary alicyclic amines) is 1. The maximum Gasteiger partial charge on any atom is 0.307 e. The van der Waals surface area contributed by atoms with Gasteiger partial charge in [0, 0.05) is 25.2 Å². The fourth-order valence-corrected chi connectivity index (χ4v) is 4.74. The molecule has 27 heavy (non-hydrogen) atoms. The van der Waals surface area contributed by atoms with Crippen LogP contribution in [0, 0.1) is 23.7 Å². The molecule has 2 bridgehead atoms. The Hall–Kier alpha value is -2.63. The lowest BCUT2D eigenvalue weighted by Gasteiger charge is -2.27. The largest absolute Gasteiger partial charge is 0.481 e. The molecule has 1 aliphatic heterocycles. The summed E-state index contributed by atoms with van der Waals surface area (Å²) in [6.07, 6.45) is 7.23. The number of anilines is 1. The van der Waals surface area contributed by atoms with Crippen molar-refractivity contribution in [2.75, 3.05) is 11.9 Å². The van der Waals surface area contributed by atoms with Crippen LogP contribution in [0.2, 0.25) is 0 Å². The standard InChI is InChI=1S/C21H24N2O4/c24-17-6-1-2-9-23(17)12-13-4-3-5-16(10-13)22-20(25)18-14-7-8-15(11-14)19(18)21(26)27/h3-5,7-8,10,14-15,18-19H,1-2,6,9,11-12H2,(H,22,25)(H,26,27)/t14-,15-,18+,19+/m0/s1. The van der Waals surface area contributed by atoms with Crippen molar-refractivity contribution >= 4 is 23.5 Å². The van der Waals surface area contributed by atoms with Crippen LogP contribution in [0.1, 0.15) is 31.2 Å². The first-order valence-corrected chi connectivity index (χ1v) is 9.61. The summed E-state index contributed by atoms with van der Waals surface area (Å²) >= 11 is 0. The number of nitrogens with one attached hydrogen (secondary N) is 1. The Bertz CT molecular complexity index is 803. The van der Waals surface area contributed by atoms with Gasteiger partial charge in [-0.1, -0.05) is 24.3 Å². The molecule has 1 aromatic carbocycles. The summed E-state index contributed by atoms with van der Waals surface area (Å²) in [5.74, 6) is -2.16. The number of carbonyl (C=O) groups excluding carboxylic acids is 2. The fourth-order valence-electron chi connectivity index (χ4n) is 4.74. The van der Waals surface area contributed by atoms with Crippen molar-refractivity contribution in [2.24, 2.45) is 23.7 Å². The molecular weight excluding hydrogens is 344 g/mol. The number of allylic oxidation sites excluding steroid dienone is 2. The SMILES string of the molecule is O=C(O)[C@H]1[C@H](C(=O)Nc2cccc(CN3CCCCC3=O)c2)[C@H]2C=C[C@H]1C2. The minimum Gasteiger partial charge on any atom is -0.481 e. The van der Waals surface area contributed by atoms with Crippen molar-refractivity contribution in [2.45, 2.75) is 32.2 Å². The first-order chi connectivity index (χ1) is 13.0. The second-order valence-electron chi connectivity index (χ2n) is 7.80. The highest BCUT2D eigenvalue weighted by Gasteiger charge is 2.51. The van der Waals surface area contributed by atoms with Gasteiger partial charge >= 0.3 is 5.97 Å². The van der Waals surface area contributed by atoms with Crippen LogP contribution in [0.4, 0.5) is 5.69 Å². The molecule has 1 saturated carbocycles. The van der Waals surface area contributed by atoms with Crippen LogP contribution in [0.25, 0.3) is 0 Å². The van der Waals surface area contributed by atoms with Gasteiger partial charge in [-0.3, -0.25) is 14.4 Å². The summed E-state index contributed by atoms with van der Waals surface area (Å²) in [6.45, 7) is 1.31.